The van der Waals surface area contributed by atoms with Gasteiger partial charge < -0.3 is 5.11 Å². The van der Waals surface area contributed by atoms with Crippen LogP contribution in [0.1, 0.15) is 0 Å². The van der Waals surface area contributed by atoms with Crippen molar-refractivity contribution in [2.24, 2.45) is 0 Å². The molecule has 0 heterocycles. The van der Waals surface area contributed by atoms with Crippen LogP contribution in [0.4, 0.5) is 0 Å². The lowest BCUT2D eigenvalue weighted by atomic mass is 10.9. The number of rotatable bonds is 0. The Kier molecular flexibility index (Phi) is 21.5. The molecule has 0 bridgehead atoms. The molecule has 0 aliphatic carbocycles. The van der Waals surface area contributed by atoms with Crippen LogP contribution in [0, 0.1) is 6.92 Å². The normalized spacial score (nSPS) is 4.50. The molecule has 0 aliphatic rings. The fourth-order valence-electron chi connectivity index (χ4n) is 0. The van der Waals surface area contributed by atoms with E-state index in [1.54, 1.807) is 0 Å². The minimum absolute atomic E-state index is 0. The molecule has 25 valence electrons. The molecule has 4 heavy (non-hydrogen) atoms. The van der Waals surface area contributed by atoms with E-state index in [2.05, 4.69) is 6.92 Å². The minimum atomic E-state index is 0. The molecule has 0 aromatic rings. The fraction of sp³-hybridized carbons (Fsp3) is 0.500. The zero-order valence-electron chi connectivity index (χ0n) is 1.86. The second-order valence-corrected chi connectivity index (χ2v) is 0.224. The summed E-state index contributed by atoms with van der Waals surface area (Å²) < 4.78 is 0. The van der Waals surface area contributed by atoms with Gasteiger partial charge in [0, 0.05) is 6.61 Å². The molecule has 0 saturated carbocycles. The second-order valence-electron chi connectivity index (χ2n) is 0.224. The van der Waals surface area contributed by atoms with E-state index in [-0.39, 0.29) is 24.0 Å². The summed E-state index contributed by atoms with van der Waals surface area (Å²) in [5.74, 6) is 0. The van der Waals surface area contributed by atoms with Gasteiger partial charge in [0.05, 0.1) is 0 Å². The zero-order valence-corrected chi connectivity index (χ0v) is 1.86. The van der Waals surface area contributed by atoms with Crippen LogP contribution in [0.3, 0.4) is 0 Å². The van der Waals surface area contributed by atoms with Gasteiger partial charge in [0.25, 0.3) is 0 Å². The van der Waals surface area contributed by atoms with Crippen molar-refractivity contribution < 1.29 is 5.11 Å². The first-order chi connectivity index (χ1) is 1.41. The zero-order chi connectivity index (χ0) is 2.71. The van der Waals surface area contributed by atoms with Crippen LogP contribution >= 0.6 is 0 Å². The highest BCUT2D eigenvalue weighted by Crippen LogP contribution is 1.27. The maximum Gasteiger partial charge on any atom is 0.187 e. The van der Waals surface area contributed by atoms with E-state index in [0.29, 0.717) is 0 Å². The molecule has 0 atom stereocenters. The summed E-state index contributed by atoms with van der Waals surface area (Å²) in [4.78, 5) is 0. The van der Waals surface area contributed by atoms with E-state index in [4.69, 9.17) is 5.11 Å². The highest BCUT2D eigenvalue weighted by Gasteiger charge is 1.35. The number of aliphatic hydroxyl groups excluding tert-OH is 1. The van der Waals surface area contributed by atoms with Gasteiger partial charge in [0.2, 0.25) is 0 Å². The Labute approximate surface area is 36.8 Å². The van der Waals surface area contributed by atoms with Crippen LogP contribution in [0.25, 0.3) is 0 Å². The van der Waals surface area contributed by atoms with E-state index in [1.165, 1.54) is 0 Å². The van der Waals surface area contributed by atoms with E-state index in [1.807, 2.05) is 0 Å². The minimum Gasteiger partial charge on any atom is -0.396 e. The average molecular weight is 75.1 g/mol. The van der Waals surface area contributed by atoms with Crippen LogP contribution in [-0.4, -0.2) is 29.1 Å². The van der Waals surface area contributed by atoms with Gasteiger partial charge in [0.1, 0.15) is 0 Å². The largest absolute Gasteiger partial charge is 0.396 e. The Morgan fingerprint density at radius 1 is 1.75 bits per heavy atom. The van der Waals surface area contributed by atoms with Gasteiger partial charge in [-0.25, -0.2) is 0 Å². The maximum absolute atomic E-state index is 7.46. The fourth-order valence-corrected chi connectivity index (χ4v) is 0. The first-order valence-electron chi connectivity index (χ1n) is 0.816. The number of hydrogen-bond donors (Lipinski definition) is 1. The Morgan fingerprint density at radius 3 is 1.75 bits per heavy atom. The number of aliphatic hydroxyl groups is 1. The monoisotopic (exact) mass is 75.0 g/mol. The van der Waals surface area contributed by atoms with Crippen LogP contribution in [0.15, 0.2) is 0 Å². The average Bonchev–Trinajstić information content (AvgIpc) is 0.918. The Bertz CT molecular complexity index is 6.00. The van der Waals surface area contributed by atoms with Crippen molar-refractivity contribution in [3.63, 3.8) is 0 Å². The number of hydrogen-bond acceptors (Lipinski definition) is 1. The molecular formula is C2H8AlO. The first kappa shape index (κ1) is 8.82. The van der Waals surface area contributed by atoms with Gasteiger partial charge >= 0.3 is 0 Å². The topological polar surface area (TPSA) is 20.2 Å². The summed E-state index contributed by atoms with van der Waals surface area (Å²) in [7, 11) is 0. The molecule has 1 N–H and O–H groups in total. The van der Waals surface area contributed by atoms with Crippen molar-refractivity contribution in [3.05, 3.63) is 6.92 Å². The Morgan fingerprint density at radius 2 is 1.75 bits per heavy atom. The Balaban J connectivity index is 0. The van der Waals surface area contributed by atoms with Gasteiger partial charge in [-0.15, -0.1) is 0 Å². The third-order valence-corrected chi connectivity index (χ3v) is 0. The molecular weight excluding hydrogens is 67.0 g/mol. The SMILES string of the molecule is [AlH3].[CH2]CO. The van der Waals surface area contributed by atoms with Crippen molar-refractivity contribution in [1.29, 1.82) is 0 Å². The van der Waals surface area contributed by atoms with Crippen LogP contribution in [0.5, 0.6) is 0 Å². The van der Waals surface area contributed by atoms with E-state index < -0.39 is 0 Å². The predicted octanol–water partition coefficient (Wildman–Crippen LogP) is -1.37. The van der Waals surface area contributed by atoms with Crippen molar-refractivity contribution in [2.45, 2.75) is 0 Å². The lowest BCUT2D eigenvalue weighted by molar-refractivity contribution is 0.341. The second kappa shape index (κ2) is 9.74. The molecule has 2 heteroatoms. The summed E-state index contributed by atoms with van der Waals surface area (Å²) in [6, 6.07) is 0. The van der Waals surface area contributed by atoms with Gasteiger partial charge in [-0.3, -0.25) is 0 Å². The summed E-state index contributed by atoms with van der Waals surface area (Å²) in [6.07, 6.45) is 0. The van der Waals surface area contributed by atoms with Gasteiger partial charge in [0.15, 0.2) is 17.4 Å². The summed E-state index contributed by atoms with van der Waals surface area (Å²) in [5.41, 5.74) is 0. The van der Waals surface area contributed by atoms with Crippen LogP contribution in [-0.2, 0) is 0 Å². The van der Waals surface area contributed by atoms with Gasteiger partial charge in [-0.1, -0.05) is 0 Å². The molecule has 1 nitrogen and oxygen atoms in total. The maximum atomic E-state index is 7.46. The van der Waals surface area contributed by atoms with Crippen molar-refractivity contribution in [3.8, 4) is 0 Å². The molecule has 1 radical (unpaired) electrons. The van der Waals surface area contributed by atoms with Crippen molar-refractivity contribution in [2.75, 3.05) is 6.61 Å². The quantitative estimate of drug-likeness (QED) is 0.352. The smallest absolute Gasteiger partial charge is 0.187 e. The van der Waals surface area contributed by atoms with Crippen molar-refractivity contribution >= 4 is 17.4 Å². The Hall–Kier alpha value is 0.492. The highest BCUT2D eigenvalue weighted by molar-refractivity contribution is 5.75. The lowest BCUT2D eigenvalue weighted by Crippen LogP contribution is -1.58. The molecule has 0 spiro atoms. The van der Waals surface area contributed by atoms with Crippen molar-refractivity contribution in [1.82, 2.24) is 0 Å². The van der Waals surface area contributed by atoms with Gasteiger partial charge in [-0.05, 0) is 6.92 Å². The molecule has 0 rings (SSSR count). The lowest BCUT2D eigenvalue weighted by Gasteiger charge is -1.52. The van der Waals surface area contributed by atoms with Gasteiger partial charge in [-0.2, -0.15) is 0 Å². The summed E-state index contributed by atoms with van der Waals surface area (Å²) >= 11 is 0. The van der Waals surface area contributed by atoms with E-state index in [0.717, 1.165) is 0 Å². The van der Waals surface area contributed by atoms with Crippen LogP contribution in [0.2, 0.25) is 0 Å². The first-order valence-corrected chi connectivity index (χ1v) is 0.816. The molecule has 0 aromatic carbocycles. The third kappa shape index (κ3) is 22.9. The van der Waals surface area contributed by atoms with E-state index in [9.17, 15) is 0 Å². The molecule has 0 amide bonds. The molecule has 0 aliphatic heterocycles. The molecule has 0 aromatic heterocycles. The molecule has 0 fully saturated rings. The van der Waals surface area contributed by atoms with E-state index >= 15 is 0 Å². The predicted molar refractivity (Wildman–Crippen MR) is 22.4 cm³/mol. The summed E-state index contributed by atoms with van der Waals surface area (Å²) in [6.45, 7) is 3.04. The highest BCUT2D eigenvalue weighted by atomic mass is 27.0. The molecule has 0 saturated heterocycles. The van der Waals surface area contributed by atoms with Crippen LogP contribution < -0.4 is 0 Å². The standard InChI is InChI=1S/C2H5O.Al.3H/c1-2-3;;;;/h3H,1-2H2;;;;. The third-order valence-electron chi connectivity index (χ3n) is 0. The molecule has 0 unspecified atom stereocenters. The summed E-state index contributed by atoms with van der Waals surface area (Å²) in [5, 5.41) is 7.46.